The molecule has 2 aromatic rings. The van der Waals surface area contributed by atoms with Crippen molar-refractivity contribution in [2.75, 3.05) is 7.11 Å². The highest BCUT2D eigenvalue weighted by molar-refractivity contribution is 6.00. The standard InChI is InChI=1S/C15H15F2N3O3/c1-9(19-20-14(21)11-4-3-7-18-11)10-5-6-12(23-15(16)17)13(8-10)22-2/h3-8,15,18H,1-2H3,(H,20,21)/b19-9-. The first-order valence-electron chi connectivity index (χ1n) is 6.62. The molecule has 1 heterocycles. The van der Waals surface area contributed by atoms with Crippen LogP contribution in [0.1, 0.15) is 23.0 Å². The number of ether oxygens (including phenoxy) is 2. The van der Waals surface area contributed by atoms with Gasteiger partial charge in [0.05, 0.1) is 12.8 Å². The summed E-state index contributed by atoms with van der Waals surface area (Å²) in [6, 6.07) is 7.70. The average molecular weight is 323 g/mol. The predicted molar refractivity (Wildman–Crippen MR) is 80.1 cm³/mol. The lowest BCUT2D eigenvalue weighted by Crippen LogP contribution is -2.19. The lowest BCUT2D eigenvalue weighted by molar-refractivity contribution is -0.0512. The van der Waals surface area contributed by atoms with Gasteiger partial charge in [0, 0.05) is 11.8 Å². The van der Waals surface area contributed by atoms with E-state index >= 15 is 0 Å². The summed E-state index contributed by atoms with van der Waals surface area (Å²) in [5, 5.41) is 3.97. The van der Waals surface area contributed by atoms with Crippen molar-refractivity contribution in [1.82, 2.24) is 10.4 Å². The maximum atomic E-state index is 12.3. The van der Waals surface area contributed by atoms with E-state index in [1.54, 1.807) is 31.3 Å². The first-order chi connectivity index (χ1) is 11.0. The van der Waals surface area contributed by atoms with Crippen LogP contribution in [-0.2, 0) is 0 Å². The number of rotatable bonds is 6. The molecule has 0 bridgehead atoms. The van der Waals surface area contributed by atoms with Crippen molar-refractivity contribution in [3.05, 3.63) is 47.8 Å². The quantitative estimate of drug-likeness (QED) is 0.634. The molecule has 1 aromatic heterocycles. The summed E-state index contributed by atoms with van der Waals surface area (Å²) in [5.41, 5.74) is 3.84. The minimum absolute atomic E-state index is 0.0746. The van der Waals surface area contributed by atoms with Gasteiger partial charge in [0.15, 0.2) is 11.5 Å². The summed E-state index contributed by atoms with van der Waals surface area (Å²) in [5.74, 6) is -0.318. The molecular formula is C15H15F2N3O3. The Hall–Kier alpha value is -2.90. The van der Waals surface area contributed by atoms with Crippen molar-refractivity contribution in [3.8, 4) is 11.5 Å². The molecule has 1 aromatic carbocycles. The third-order valence-corrected chi connectivity index (χ3v) is 2.97. The Morgan fingerprint density at radius 1 is 1.30 bits per heavy atom. The fourth-order valence-electron chi connectivity index (χ4n) is 1.82. The van der Waals surface area contributed by atoms with E-state index in [-0.39, 0.29) is 17.4 Å². The van der Waals surface area contributed by atoms with E-state index < -0.39 is 6.61 Å². The Balaban J connectivity index is 2.13. The molecule has 0 spiro atoms. The second kappa shape index (κ2) is 7.39. The number of hydrazone groups is 1. The minimum atomic E-state index is -2.94. The molecule has 0 atom stereocenters. The topological polar surface area (TPSA) is 75.7 Å². The van der Waals surface area contributed by atoms with Crippen LogP contribution >= 0.6 is 0 Å². The summed E-state index contributed by atoms with van der Waals surface area (Å²) in [7, 11) is 1.34. The van der Waals surface area contributed by atoms with E-state index in [9.17, 15) is 13.6 Å². The molecule has 6 nitrogen and oxygen atoms in total. The van der Waals surface area contributed by atoms with Gasteiger partial charge >= 0.3 is 6.61 Å². The molecule has 0 radical (unpaired) electrons. The number of hydrogen-bond acceptors (Lipinski definition) is 4. The van der Waals surface area contributed by atoms with Crippen molar-refractivity contribution in [3.63, 3.8) is 0 Å². The van der Waals surface area contributed by atoms with Crippen LogP contribution in [0.4, 0.5) is 8.78 Å². The van der Waals surface area contributed by atoms with Gasteiger partial charge in [-0.2, -0.15) is 13.9 Å². The van der Waals surface area contributed by atoms with Crippen molar-refractivity contribution in [1.29, 1.82) is 0 Å². The number of hydrogen-bond donors (Lipinski definition) is 2. The van der Waals surface area contributed by atoms with E-state index in [0.717, 1.165) is 0 Å². The Morgan fingerprint density at radius 3 is 2.70 bits per heavy atom. The van der Waals surface area contributed by atoms with Crippen LogP contribution in [0.3, 0.4) is 0 Å². The fraction of sp³-hybridized carbons (Fsp3) is 0.200. The second-order valence-electron chi connectivity index (χ2n) is 4.47. The molecule has 0 saturated heterocycles. The van der Waals surface area contributed by atoms with Gasteiger partial charge in [-0.1, -0.05) is 0 Å². The molecule has 8 heteroatoms. The lowest BCUT2D eigenvalue weighted by Gasteiger charge is -2.11. The molecule has 122 valence electrons. The number of aromatic nitrogens is 1. The molecule has 0 unspecified atom stereocenters. The van der Waals surface area contributed by atoms with Crippen molar-refractivity contribution in [2.45, 2.75) is 13.5 Å². The summed E-state index contributed by atoms with van der Waals surface area (Å²) in [6.07, 6.45) is 1.62. The van der Waals surface area contributed by atoms with Crippen molar-refractivity contribution in [2.24, 2.45) is 5.10 Å². The number of H-pyrrole nitrogens is 1. The zero-order chi connectivity index (χ0) is 16.8. The SMILES string of the molecule is COc1cc(/C(C)=N\NC(=O)c2ccc[nH]2)ccc1OC(F)F. The number of carbonyl (C=O) groups is 1. The highest BCUT2D eigenvalue weighted by Crippen LogP contribution is 2.29. The van der Waals surface area contributed by atoms with Gasteiger partial charge in [0.1, 0.15) is 5.69 Å². The number of nitrogens with one attached hydrogen (secondary N) is 2. The molecule has 0 fully saturated rings. The molecule has 0 aliphatic carbocycles. The molecule has 0 aliphatic heterocycles. The van der Waals surface area contributed by atoms with Gasteiger partial charge in [0.25, 0.3) is 5.91 Å². The maximum absolute atomic E-state index is 12.3. The number of aromatic amines is 1. The first-order valence-corrected chi connectivity index (χ1v) is 6.62. The van der Waals surface area contributed by atoms with E-state index in [2.05, 4.69) is 20.2 Å². The molecule has 2 rings (SSSR count). The second-order valence-corrected chi connectivity index (χ2v) is 4.47. The fourth-order valence-corrected chi connectivity index (χ4v) is 1.82. The third kappa shape index (κ3) is 4.29. The number of carbonyl (C=O) groups excluding carboxylic acids is 1. The van der Waals surface area contributed by atoms with Crippen molar-refractivity contribution >= 4 is 11.6 Å². The number of halogens is 2. The van der Waals surface area contributed by atoms with Crippen LogP contribution in [0, 0.1) is 0 Å². The summed E-state index contributed by atoms with van der Waals surface area (Å²) < 4.78 is 33.9. The van der Waals surface area contributed by atoms with Gasteiger partial charge in [-0.05, 0) is 37.3 Å². The Morgan fingerprint density at radius 2 is 2.09 bits per heavy atom. The maximum Gasteiger partial charge on any atom is 0.387 e. The molecule has 2 N–H and O–H groups in total. The van der Waals surface area contributed by atoms with Crippen LogP contribution in [0.15, 0.2) is 41.6 Å². The minimum Gasteiger partial charge on any atom is -0.493 e. The molecule has 0 saturated carbocycles. The van der Waals surface area contributed by atoms with Crippen LogP contribution in [0.25, 0.3) is 0 Å². The van der Waals surface area contributed by atoms with E-state index in [1.807, 2.05) is 0 Å². The third-order valence-electron chi connectivity index (χ3n) is 2.97. The number of nitrogens with zero attached hydrogens (tertiary/aromatic N) is 1. The van der Waals surface area contributed by atoms with Gasteiger partial charge in [-0.15, -0.1) is 0 Å². The van der Waals surface area contributed by atoms with Crippen LogP contribution in [0.5, 0.6) is 11.5 Å². The Kier molecular flexibility index (Phi) is 5.29. The molecular weight excluding hydrogens is 308 g/mol. The lowest BCUT2D eigenvalue weighted by atomic mass is 10.1. The number of benzene rings is 1. The van der Waals surface area contributed by atoms with Gasteiger partial charge in [0.2, 0.25) is 0 Å². The first kappa shape index (κ1) is 16.5. The Labute approximate surface area is 131 Å². The highest BCUT2D eigenvalue weighted by atomic mass is 19.3. The van der Waals surface area contributed by atoms with E-state index in [0.29, 0.717) is 17.0 Å². The van der Waals surface area contributed by atoms with Crippen molar-refractivity contribution < 1.29 is 23.0 Å². The average Bonchev–Trinajstić information content (AvgIpc) is 3.06. The van der Waals surface area contributed by atoms with E-state index in [1.165, 1.54) is 19.2 Å². The number of amides is 1. The van der Waals surface area contributed by atoms with Crippen LogP contribution < -0.4 is 14.9 Å². The zero-order valence-corrected chi connectivity index (χ0v) is 12.5. The van der Waals surface area contributed by atoms with Gasteiger partial charge in [-0.3, -0.25) is 4.79 Å². The molecule has 23 heavy (non-hydrogen) atoms. The largest absolute Gasteiger partial charge is 0.493 e. The monoisotopic (exact) mass is 323 g/mol. The van der Waals surface area contributed by atoms with Gasteiger partial charge in [-0.25, -0.2) is 5.43 Å². The van der Waals surface area contributed by atoms with Crippen LogP contribution in [0.2, 0.25) is 0 Å². The molecule has 1 amide bonds. The number of alkyl halides is 2. The normalized spacial score (nSPS) is 11.4. The summed E-state index contributed by atoms with van der Waals surface area (Å²) >= 11 is 0. The smallest absolute Gasteiger partial charge is 0.387 e. The van der Waals surface area contributed by atoms with Gasteiger partial charge < -0.3 is 14.5 Å². The van der Waals surface area contributed by atoms with E-state index in [4.69, 9.17) is 4.74 Å². The number of methoxy groups -OCH3 is 1. The van der Waals surface area contributed by atoms with Crippen LogP contribution in [-0.4, -0.2) is 30.3 Å². The highest BCUT2D eigenvalue weighted by Gasteiger charge is 2.12. The summed E-state index contributed by atoms with van der Waals surface area (Å²) in [6.45, 7) is -1.28. The zero-order valence-electron chi connectivity index (χ0n) is 12.5. The molecule has 0 aliphatic rings. The predicted octanol–water partition coefficient (Wildman–Crippen LogP) is 2.78. The Bertz CT molecular complexity index is 700. The summed E-state index contributed by atoms with van der Waals surface area (Å²) in [4.78, 5) is 14.5.